The summed E-state index contributed by atoms with van der Waals surface area (Å²) in [5, 5.41) is 20.1. The maximum Gasteiger partial charge on any atom is 0.416 e. The Bertz CT molecular complexity index is 885. The lowest BCUT2D eigenvalue weighted by atomic mass is 10.0. The number of aromatic carboxylic acids is 1. The van der Waals surface area contributed by atoms with Crippen molar-refractivity contribution >= 4 is 22.5 Å². The Hall–Kier alpha value is -2.71. The van der Waals surface area contributed by atoms with Crippen LogP contribution in [0.4, 0.5) is 13.2 Å². The standard InChI is InChI=1S/C12H7F3N4O2/c1-5-7-3-2-6(12(13,14)15)4-8(7)19-10(16-17-18-19)9(5)11(20)21/h2-4H,1H3,(H,20,21). The summed E-state index contributed by atoms with van der Waals surface area (Å²) in [6, 6.07) is 3.02. The number of carbonyl (C=O) groups is 1. The molecule has 0 radical (unpaired) electrons. The molecule has 0 aliphatic heterocycles. The van der Waals surface area contributed by atoms with E-state index in [1.165, 1.54) is 13.0 Å². The third-order valence-corrected chi connectivity index (χ3v) is 3.24. The molecule has 0 fully saturated rings. The smallest absolute Gasteiger partial charge is 0.416 e. The van der Waals surface area contributed by atoms with E-state index in [0.29, 0.717) is 10.9 Å². The minimum Gasteiger partial charge on any atom is -0.478 e. The summed E-state index contributed by atoms with van der Waals surface area (Å²) in [7, 11) is 0. The summed E-state index contributed by atoms with van der Waals surface area (Å²) >= 11 is 0. The van der Waals surface area contributed by atoms with Crippen LogP contribution in [0.2, 0.25) is 0 Å². The first kappa shape index (κ1) is 13.3. The van der Waals surface area contributed by atoms with E-state index in [1.54, 1.807) is 0 Å². The van der Waals surface area contributed by atoms with Gasteiger partial charge in [0.2, 0.25) is 0 Å². The average Bonchev–Trinajstić information content (AvgIpc) is 2.86. The number of carboxylic acid groups (broad SMARTS) is 1. The van der Waals surface area contributed by atoms with Crippen molar-refractivity contribution in [1.82, 2.24) is 20.0 Å². The second kappa shape index (κ2) is 4.14. The average molecular weight is 296 g/mol. The van der Waals surface area contributed by atoms with Crippen molar-refractivity contribution < 1.29 is 23.1 Å². The van der Waals surface area contributed by atoms with Crippen molar-refractivity contribution in [2.45, 2.75) is 13.1 Å². The van der Waals surface area contributed by atoms with E-state index >= 15 is 0 Å². The van der Waals surface area contributed by atoms with Gasteiger partial charge in [0.05, 0.1) is 11.1 Å². The molecule has 0 unspecified atom stereocenters. The van der Waals surface area contributed by atoms with E-state index < -0.39 is 17.7 Å². The van der Waals surface area contributed by atoms with Gasteiger partial charge in [0.15, 0.2) is 5.65 Å². The number of halogens is 3. The Morgan fingerprint density at radius 1 is 1.33 bits per heavy atom. The highest BCUT2D eigenvalue weighted by Crippen LogP contribution is 2.33. The summed E-state index contributed by atoms with van der Waals surface area (Å²) in [6.07, 6.45) is -4.51. The molecule has 6 nitrogen and oxygen atoms in total. The predicted octanol–water partition coefficient (Wildman–Crippen LogP) is 2.30. The molecule has 1 N–H and O–H groups in total. The van der Waals surface area contributed by atoms with Crippen LogP contribution >= 0.6 is 0 Å². The molecule has 0 spiro atoms. The van der Waals surface area contributed by atoms with Crippen LogP contribution in [-0.2, 0) is 6.18 Å². The highest BCUT2D eigenvalue weighted by Gasteiger charge is 2.31. The first-order chi connectivity index (χ1) is 9.80. The van der Waals surface area contributed by atoms with Crippen LogP contribution < -0.4 is 0 Å². The number of tetrazole rings is 1. The van der Waals surface area contributed by atoms with Crippen LogP contribution in [-0.4, -0.2) is 31.1 Å². The molecular formula is C12H7F3N4O2. The Labute approximate surface area is 114 Å². The van der Waals surface area contributed by atoms with Gasteiger partial charge < -0.3 is 5.11 Å². The lowest BCUT2D eigenvalue weighted by molar-refractivity contribution is -0.137. The third-order valence-electron chi connectivity index (χ3n) is 3.24. The van der Waals surface area contributed by atoms with E-state index in [2.05, 4.69) is 15.5 Å². The minimum absolute atomic E-state index is 0.0909. The Morgan fingerprint density at radius 3 is 2.67 bits per heavy atom. The summed E-state index contributed by atoms with van der Waals surface area (Å²) in [5.41, 5.74) is -0.658. The summed E-state index contributed by atoms with van der Waals surface area (Å²) in [6.45, 7) is 1.51. The maximum atomic E-state index is 12.8. The van der Waals surface area contributed by atoms with Gasteiger partial charge in [0, 0.05) is 5.39 Å². The second-order valence-corrected chi connectivity index (χ2v) is 4.45. The Kier molecular flexibility index (Phi) is 2.62. The fourth-order valence-corrected chi connectivity index (χ4v) is 2.26. The SMILES string of the molecule is Cc1c(C(=O)O)c2nnnn2c2cc(C(F)(F)F)ccc12. The first-order valence-corrected chi connectivity index (χ1v) is 5.75. The van der Waals surface area contributed by atoms with E-state index in [0.717, 1.165) is 16.6 Å². The number of aromatic nitrogens is 4. The number of hydrogen-bond acceptors (Lipinski definition) is 4. The normalized spacial score (nSPS) is 12.2. The number of pyridine rings is 1. The van der Waals surface area contributed by atoms with Crippen molar-refractivity contribution in [3.8, 4) is 0 Å². The quantitative estimate of drug-likeness (QED) is 0.745. The zero-order chi connectivity index (χ0) is 15.4. The number of carboxylic acids is 1. The predicted molar refractivity (Wildman–Crippen MR) is 65.0 cm³/mol. The van der Waals surface area contributed by atoms with E-state index in [9.17, 15) is 23.1 Å². The van der Waals surface area contributed by atoms with Crippen LogP contribution in [0.3, 0.4) is 0 Å². The molecule has 108 valence electrons. The van der Waals surface area contributed by atoms with Gasteiger partial charge in [-0.2, -0.15) is 17.7 Å². The van der Waals surface area contributed by atoms with E-state index in [-0.39, 0.29) is 16.7 Å². The molecule has 0 saturated carbocycles. The molecule has 0 aliphatic rings. The van der Waals surface area contributed by atoms with Crippen molar-refractivity contribution in [3.05, 3.63) is 34.9 Å². The molecule has 0 aliphatic carbocycles. The van der Waals surface area contributed by atoms with Crippen molar-refractivity contribution in [2.75, 3.05) is 0 Å². The number of hydrogen-bond donors (Lipinski definition) is 1. The molecule has 0 saturated heterocycles. The lowest BCUT2D eigenvalue weighted by Crippen LogP contribution is -2.09. The van der Waals surface area contributed by atoms with Crippen LogP contribution in [0.5, 0.6) is 0 Å². The second-order valence-electron chi connectivity index (χ2n) is 4.45. The minimum atomic E-state index is -4.51. The van der Waals surface area contributed by atoms with Crippen molar-refractivity contribution in [3.63, 3.8) is 0 Å². The molecule has 21 heavy (non-hydrogen) atoms. The molecule has 3 rings (SSSR count). The maximum absolute atomic E-state index is 12.8. The van der Waals surface area contributed by atoms with Gasteiger partial charge >= 0.3 is 12.1 Å². The van der Waals surface area contributed by atoms with Crippen LogP contribution in [0.15, 0.2) is 18.2 Å². The molecule has 2 heterocycles. The molecule has 9 heteroatoms. The number of rotatable bonds is 1. The first-order valence-electron chi connectivity index (χ1n) is 5.75. The number of alkyl halides is 3. The Morgan fingerprint density at radius 2 is 2.05 bits per heavy atom. The topological polar surface area (TPSA) is 80.4 Å². The number of aryl methyl sites for hydroxylation is 1. The zero-order valence-corrected chi connectivity index (χ0v) is 10.5. The van der Waals surface area contributed by atoms with Crippen molar-refractivity contribution in [2.24, 2.45) is 0 Å². The lowest BCUT2D eigenvalue weighted by Gasteiger charge is -2.11. The van der Waals surface area contributed by atoms with Gasteiger partial charge in [-0.15, -0.1) is 5.10 Å². The fraction of sp³-hybridized carbons (Fsp3) is 0.167. The molecular weight excluding hydrogens is 289 g/mol. The van der Waals surface area contributed by atoms with Crippen LogP contribution in [0.25, 0.3) is 16.6 Å². The van der Waals surface area contributed by atoms with Crippen LogP contribution in [0.1, 0.15) is 21.5 Å². The summed E-state index contributed by atoms with van der Waals surface area (Å²) < 4.78 is 39.4. The zero-order valence-electron chi connectivity index (χ0n) is 10.5. The monoisotopic (exact) mass is 296 g/mol. The van der Waals surface area contributed by atoms with Crippen LogP contribution in [0, 0.1) is 6.92 Å². The van der Waals surface area contributed by atoms with Gasteiger partial charge in [0.1, 0.15) is 5.56 Å². The van der Waals surface area contributed by atoms with Gasteiger partial charge in [0.25, 0.3) is 0 Å². The number of fused-ring (bicyclic) bond motifs is 3. The molecule has 0 bridgehead atoms. The molecule has 0 amide bonds. The number of nitrogens with zero attached hydrogens (tertiary/aromatic N) is 4. The summed E-state index contributed by atoms with van der Waals surface area (Å²) in [5.74, 6) is -1.24. The fourth-order valence-electron chi connectivity index (χ4n) is 2.26. The van der Waals surface area contributed by atoms with E-state index in [4.69, 9.17) is 0 Å². The largest absolute Gasteiger partial charge is 0.478 e. The third kappa shape index (κ3) is 1.89. The summed E-state index contributed by atoms with van der Waals surface area (Å²) in [4.78, 5) is 11.3. The van der Waals surface area contributed by atoms with Gasteiger partial charge in [-0.3, -0.25) is 0 Å². The van der Waals surface area contributed by atoms with Gasteiger partial charge in [-0.1, -0.05) is 6.07 Å². The molecule has 3 aromatic rings. The molecule has 2 aromatic heterocycles. The van der Waals surface area contributed by atoms with E-state index in [1.807, 2.05) is 0 Å². The highest BCUT2D eigenvalue weighted by molar-refractivity contribution is 6.02. The van der Waals surface area contributed by atoms with Gasteiger partial charge in [-0.25, -0.2) is 4.79 Å². The highest BCUT2D eigenvalue weighted by atomic mass is 19.4. The van der Waals surface area contributed by atoms with Gasteiger partial charge in [-0.05, 0) is 35.0 Å². The molecule has 0 atom stereocenters. The van der Waals surface area contributed by atoms with Crippen molar-refractivity contribution in [1.29, 1.82) is 0 Å². The Balaban J connectivity index is 2.50. The molecule has 1 aromatic carbocycles. The number of benzene rings is 1.